The number of methoxy groups -OCH3 is 1. The third-order valence-electron chi connectivity index (χ3n) is 4.90. The molecule has 9 nitrogen and oxygen atoms in total. The number of thiazole rings is 2. The van der Waals surface area contributed by atoms with Crippen LogP contribution in [0.3, 0.4) is 0 Å². The molecule has 1 aliphatic rings. The minimum Gasteiger partial charge on any atom is -0.497 e. The highest BCUT2D eigenvalue weighted by Crippen LogP contribution is 2.29. The van der Waals surface area contributed by atoms with E-state index in [0.29, 0.717) is 34.4 Å². The monoisotopic (exact) mass is 473 g/mol. The highest BCUT2D eigenvalue weighted by atomic mass is 32.1. The van der Waals surface area contributed by atoms with Crippen molar-refractivity contribution >= 4 is 39.6 Å². The summed E-state index contributed by atoms with van der Waals surface area (Å²) in [5.41, 5.74) is 7.10. The number of aromatic nitrogens is 2. The molecule has 0 spiro atoms. The normalized spacial score (nSPS) is 13.7. The van der Waals surface area contributed by atoms with E-state index in [1.807, 2.05) is 24.3 Å². The summed E-state index contributed by atoms with van der Waals surface area (Å²) in [6, 6.07) is 7.46. The first kappa shape index (κ1) is 22.2. The molecule has 1 aromatic carbocycles. The van der Waals surface area contributed by atoms with Crippen LogP contribution in [0.2, 0.25) is 0 Å². The lowest BCUT2D eigenvalue weighted by atomic mass is 10.2. The SMILES string of the molecule is COc1ccc(-c2nc(C)c(C(=O)NNC(=O)c3sc(N4CCOCC4)nc3C)s2)cc1. The van der Waals surface area contributed by atoms with Crippen molar-refractivity contribution in [3.63, 3.8) is 0 Å². The van der Waals surface area contributed by atoms with Crippen LogP contribution in [0.4, 0.5) is 5.13 Å². The summed E-state index contributed by atoms with van der Waals surface area (Å²) >= 11 is 2.57. The van der Waals surface area contributed by atoms with E-state index in [1.165, 1.54) is 22.7 Å². The molecule has 1 aliphatic heterocycles. The maximum atomic E-state index is 12.7. The summed E-state index contributed by atoms with van der Waals surface area (Å²) in [5, 5.41) is 1.50. The molecule has 2 N–H and O–H groups in total. The summed E-state index contributed by atoms with van der Waals surface area (Å²) < 4.78 is 10.5. The predicted octanol–water partition coefficient (Wildman–Crippen LogP) is 2.80. The molecule has 2 amide bonds. The molecule has 0 atom stereocenters. The number of carbonyl (C=O) groups excluding carboxylic acids is 2. The van der Waals surface area contributed by atoms with Crippen molar-refractivity contribution in [2.75, 3.05) is 38.3 Å². The molecular weight excluding hydrogens is 450 g/mol. The number of ether oxygens (including phenoxy) is 2. The number of carbonyl (C=O) groups is 2. The average Bonchev–Trinajstić information content (AvgIpc) is 3.41. The number of aryl methyl sites for hydroxylation is 2. The lowest BCUT2D eigenvalue weighted by molar-refractivity contribution is 0.0850. The van der Waals surface area contributed by atoms with Crippen LogP contribution < -0.4 is 20.5 Å². The topological polar surface area (TPSA) is 106 Å². The van der Waals surface area contributed by atoms with E-state index < -0.39 is 11.8 Å². The van der Waals surface area contributed by atoms with E-state index in [4.69, 9.17) is 9.47 Å². The summed E-state index contributed by atoms with van der Waals surface area (Å²) in [6.45, 7) is 6.32. The third-order valence-corrected chi connectivity index (χ3v) is 7.32. The number of hydrazine groups is 1. The zero-order chi connectivity index (χ0) is 22.7. The molecule has 1 fully saturated rings. The molecule has 0 bridgehead atoms. The molecule has 3 aromatic rings. The Balaban J connectivity index is 1.41. The summed E-state index contributed by atoms with van der Waals surface area (Å²) in [6.07, 6.45) is 0. The summed E-state index contributed by atoms with van der Waals surface area (Å²) in [7, 11) is 1.61. The second-order valence-corrected chi connectivity index (χ2v) is 9.06. The Labute approximate surface area is 193 Å². The number of anilines is 1. The Morgan fingerprint density at radius 1 is 0.969 bits per heavy atom. The maximum absolute atomic E-state index is 12.7. The fraction of sp³-hybridized carbons (Fsp3) is 0.333. The number of amides is 2. The third kappa shape index (κ3) is 4.74. The molecule has 11 heteroatoms. The number of nitrogens with zero attached hydrogens (tertiary/aromatic N) is 3. The van der Waals surface area contributed by atoms with Crippen molar-refractivity contribution < 1.29 is 19.1 Å². The van der Waals surface area contributed by atoms with Crippen LogP contribution in [0, 0.1) is 13.8 Å². The van der Waals surface area contributed by atoms with Gasteiger partial charge in [-0.25, -0.2) is 9.97 Å². The van der Waals surface area contributed by atoms with Gasteiger partial charge in [-0.2, -0.15) is 0 Å². The molecule has 0 unspecified atom stereocenters. The maximum Gasteiger partial charge on any atom is 0.281 e. The fourth-order valence-corrected chi connectivity index (χ4v) is 5.15. The lowest BCUT2D eigenvalue weighted by Gasteiger charge is -2.25. The van der Waals surface area contributed by atoms with Crippen LogP contribution in [-0.2, 0) is 4.74 Å². The molecule has 4 rings (SSSR count). The largest absolute Gasteiger partial charge is 0.497 e. The first-order valence-electron chi connectivity index (χ1n) is 9.99. The predicted molar refractivity (Wildman–Crippen MR) is 124 cm³/mol. The van der Waals surface area contributed by atoms with Crippen molar-refractivity contribution in [2.24, 2.45) is 0 Å². The number of hydrogen-bond acceptors (Lipinski definition) is 9. The van der Waals surface area contributed by atoms with Crippen LogP contribution in [0.25, 0.3) is 10.6 Å². The first-order valence-corrected chi connectivity index (χ1v) is 11.6. The van der Waals surface area contributed by atoms with Gasteiger partial charge < -0.3 is 14.4 Å². The minimum absolute atomic E-state index is 0.398. The standard InChI is InChI=1S/C21H23N5O4S2/c1-12-16(31-20(22-12)14-4-6-15(29-3)7-5-14)18(27)24-25-19(28)17-13(2)23-21(32-17)26-8-10-30-11-9-26/h4-7H,8-11H2,1-3H3,(H,24,27)(H,25,28). The first-order chi connectivity index (χ1) is 15.5. The molecule has 1 saturated heterocycles. The Kier molecular flexibility index (Phi) is 6.68. The Morgan fingerprint density at radius 2 is 1.56 bits per heavy atom. The van der Waals surface area contributed by atoms with Crippen LogP contribution in [0.15, 0.2) is 24.3 Å². The summed E-state index contributed by atoms with van der Waals surface area (Å²) in [4.78, 5) is 37.3. The van der Waals surface area contributed by atoms with E-state index in [9.17, 15) is 9.59 Å². The molecular formula is C21H23N5O4S2. The van der Waals surface area contributed by atoms with E-state index >= 15 is 0 Å². The van der Waals surface area contributed by atoms with Gasteiger partial charge in [0.05, 0.1) is 31.7 Å². The molecule has 3 heterocycles. The number of morpholine rings is 1. The second-order valence-electron chi connectivity index (χ2n) is 7.08. The van der Waals surface area contributed by atoms with Gasteiger partial charge in [-0.15, -0.1) is 11.3 Å². The van der Waals surface area contributed by atoms with Crippen LogP contribution in [0.1, 0.15) is 30.7 Å². The number of benzene rings is 1. The summed E-state index contributed by atoms with van der Waals surface area (Å²) in [5.74, 6) is -0.0630. The molecule has 168 valence electrons. The average molecular weight is 474 g/mol. The lowest BCUT2D eigenvalue weighted by Crippen LogP contribution is -2.41. The molecule has 32 heavy (non-hydrogen) atoms. The number of hydrogen-bond donors (Lipinski definition) is 2. The van der Waals surface area contributed by atoms with Crippen molar-refractivity contribution in [1.82, 2.24) is 20.8 Å². The smallest absolute Gasteiger partial charge is 0.281 e. The van der Waals surface area contributed by atoms with Crippen molar-refractivity contribution in [3.8, 4) is 16.3 Å². The van der Waals surface area contributed by atoms with Gasteiger partial charge in [0.25, 0.3) is 11.8 Å². The quantitative estimate of drug-likeness (QED) is 0.549. The molecule has 2 aromatic heterocycles. The number of nitrogens with one attached hydrogen (secondary N) is 2. The zero-order valence-electron chi connectivity index (χ0n) is 17.9. The van der Waals surface area contributed by atoms with Crippen molar-refractivity contribution in [2.45, 2.75) is 13.8 Å². The molecule has 0 aliphatic carbocycles. The van der Waals surface area contributed by atoms with Crippen molar-refractivity contribution in [3.05, 3.63) is 45.4 Å². The van der Waals surface area contributed by atoms with Gasteiger partial charge in [0.15, 0.2) is 5.13 Å². The second kappa shape index (κ2) is 9.63. The van der Waals surface area contributed by atoms with Gasteiger partial charge in [0.2, 0.25) is 0 Å². The Bertz CT molecular complexity index is 1120. The van der Waals surface area contributed by atoms with Gasteiger partial charge >= 0.3 is 0 Å². The van der Waals surface area contributed by atoms with E-state index in [0.717, 1.165) is 34.5 Å². The zero-order valence-corrected chi connectivity index (χ0v) is 19.6. The highest BCUT2D eigenvalue weighted by Gasteiger charge is 2.22. The molecule has 0 radical (unpaired) electrons. The Hall–Kier alpha value is -3.02. The molecule has 0 saturated carbocycles. The van der Waals surface area contributed by atoms with Crippen LogP contribution in [0.5, 0.6) is 5.75 Å². The van der Waals surface area contributed by atoms with Gasteiger partial charge in [-0.05, 0) is 38.1 Å². The van der Waals surface area contributed by atoms with Gasteiger partial charge in [0, 0.05) is 18.7 Å². The van der Waals surface area contributed by atoms with Crippen molar-refractivity contribution in [1.29, 1.82) is 0 Å². The number of rotatable bonds is 5. The van der Waals surface area contributed by atoms with E-state index in [2.05, 4.69) is 25.7 Å². The minimum atomic E-state index is -0.413. The fourth-order valence-electron chi connectivity index (χ4n) is 3.17. The van der Waals surface area contributed by atoms with Gasteiger partial charge in [-0.1, -0.05) is 11.3 Å². The highest BCUT2D eigenvalue weighted by molar-refractivity contribution is 7.17. The Morgan fingerprint density at radius 3 is 2.19 bits per heavy atom. The van der Waals surface area contributed by atoms with E-state index in [-0.39, 0.29) is 0 Å². The van der Waals surface area contributed by atoms with E-state index in [1.54, 1.807) is 21.0 Å². The van der Waals surface area contributed by atoms with Gasteiger partial charge in [-0.3, -0.25) is 20.4 Å². The van der Waals surface area contributed by atoms with Gasteiger partial charge in [0.1, 0.15) is 20.5 Å². The van der Waals surface area contributed by atoms with Crippen LogP contribution in [-0.4, -0.2) is 55.2 Å². The van der Waals surface area contributed by atoms with Crippen LogP contribution >= 0.6 is 22.7 Å².